The summed E-state index contributed by atoms with van der Waals surface area (Å²) >= 11 is 0. The van der Waals surface area contributed by atoms with Crippen LogP contribution in [0.3, 0.4) is 0 Å². The summed E-state index contributed by atoms with van der Waals surface area (Å²) in [6.07, 6.45) is 1.09. The summed E-state index contributed by atoms with van der Waals surface area (Å²) in [7, 11) is 0. The molecule has 0 unspecified atom stereocenters. The van der Waals surface area contributed by atoms with E-state index in [1.54, 1.807) is 12.1 Å². The topological polar surface area (TPSA) is 78.0 Å². The molecule has 1 fully saturated rings. The lowest BCUT2D eigenvalue weighted by atomic mass is 10.1. The predicted molar refractivity (Wildman–Crippen MR) is 98.2 cm³/mol. The molecule has 2 aromatic carbocycles. The van der Waals surface area contributed by atoms with Crippen molar-refractivity contribution >= 4 is 5.69 Å². The molecule has 26 heavy (non-hydrogen) atoms. The highest BCUT2D eigenvalue weighted by Gasteiger charge is 2.24. The third-order valence-corrected chi connectivity index (χ3v) is 4.50. The van der Waals surface area contributed by atoms with Crippen LogP contribution in [0.25, 0.3) is 11.5 Å². The van der Waals surface area contributed by atoms with Crippen LogP contribution in [0.1, 0.15) is 17.9 Å². The van der Waals surface area contributed by atoms with Gasteiger partial charge in [0.15, 0.2) is 0 Å². The first-order valence-electron chi connectivity index (χ1n) is 8.67. The zero-order chi connectivity index (χ0) is 17.8. The lowest BCUT2D eigenvalue weighted by Gasteiger charge is -2.15. The molecule has 130 valence electrons. The van der Waals surface area contributed by atoms with Crippen LogP contribution in [-0.4, -0.2) is 34.2 Å². The number of likely N-dealkylation sites (tertiary alicyclic amines) is 1. The van der Waals surface area contributed by atoms with Gasteiger partial charge in [-0.2, -0.15) is 5.26 Å². The van der Waals surface area contributed by atoms with Crippen molar-refractivity contribution in [1.82, 2.24) is 15.1 Å². The molecule has 1 saturated heterocycles. The Balaban J connectivity index is 1.35. The number of nitrogens with zero attached hydrogens (tertiary/aromatic N) is 4. The first-order chi connectivity index (χ1) is 12.8. The Labute approximate surface area is 152 Å². The van der Waals surface area contributed by atoms with Crippen LogP contribution < -0.4 is 5.32 Å². The van der Waals surface area contributed by atoms with E-state index < -0.39 is 0 Å². The number of aromatic nitrogens is 2. The van der Waals surface area contributed by atoms with Crippen molar-refractivity contribution < 1.29 is 4.42 Å². The first-order valence-corrected chi connectivity index (χ1v) is 8.67. The minimum absolute atomic E-state index is 0.429. The van der Waals surface area contributed by atoms with Gasteiger partial charge in [0.25, 0.3) is 0 Å². The van der Waals surface area contributed by atoms with E-state index >= 15 is 0 Å². The number of benzene rings is 2. The van der Waals surface area contributed by atoms with Gasteiger partial charge < -0.3 is 9.73 Å². The monoisotopic (exact) mass is 345 g/mol. The largest absolute Gasteiger partial charge is 0.419 e. The molecule has 0 amide bonds. The lowest BCUT2D eigenvalue weighted by Crippen LogP contribution is -2.26. The molecule has 0 bridgehead atoms. The van der Waals surface area contributed by atoms with Gasteiger partial charge in [-0.25, -0.2) is 0 Å². The molecule has 2 heterocycles. The van der Waals surface area contributed by atoms with Gasteiger partial charge in [0.05, 0.1) is 18.2 Å². The van der Waals surface area contributed by atoms with Crippen LogP contribution in [0.4, 0.5) is 5.69 Å². The summed E-state index contributed by atoms with van der Waals surface area (Å²) in [5, 5.41) is 20.7. The highest BCUT2D eigenvalue weighted by atomic mass is 16.4. The third kappa shape index (κ3) is 3.73. The highest BCUT2D eigenvalue weighted by Crippen LogP contribution is 2.21. The van der Waals surface area contributed by atoms with Crippen molar-refractivity contribution in [3.63, 3.8) is 0 Å². The number of para-hydroxylation sites is 1. The van der Waals surface area contributed by atoms with Gasteiger partial charge in [0, 0.05) is 30.4 Å². The Morgan fingerprint density at radius 1 is 1.12 bits per heavy atom. The number of nitriles is 1. The van der Waals surface area contributed by atoms with E-state index in [1.807, 2.05) is 30.3 Å². The van der Waals surface area contributed by atoms with Crippen LogP contribution in [0.15, 0.2) is 59.0 Å². The quantitative estimate of drug-likeness (QED) is 0.764. The van der Waals surface area contributed by atoms with Gasteiger partial charge >= 0.3 is 0 Å². The molecule has 0 aliphatic carbocycles. The minimum Gasteiger partial charge on any atom is -0.419 e. The summed E-state index contributed by atoms with van der Waals surface area (Å²) in [5.74, 6) is 1.10. The number of anilines is 1. The molecule has 1 N–H and O–H groups in total. The fourth-order valence-electron chi connectivity index (χ4n) is 3.18. The third-order valence-electron chi connectivity index (χ3n) is 4.50. The van der Waals surface area contributed by atoms with Crippen molar-refractivity contribution in [2.24, 2.45) is 0 Å². The van der Waals surface area contributed by atoms with E-state index in [1.165, 1.54) is 0 Å². The summed E-state index contributed by atoms with van der Waals surface area (Å²) in [6, 6.07) is 20.0. The van der Waals surface area contributed by atoms with Crippen LogP contribution in [0.5, 0.6) is 0 Å². The number of nitrogens with one attached hydrogen (secondary N) is 1. The van der Waals surface area contributed by atoms with Crippen LogP contribution in [-0.2, 0) is 6.54 Å². The van der Waals surface area contributed by atoms with E-state index in [4.69, 9.17) is 9.68 Å². The Bertz CT molecular complexity index is 898. The molecule has 4 rings (SSSR count). The summed E-state index contributed by atoms with van der Waals surface area (Å²) in [5.41, 5.74) is 2.59. The molecule has 0 radical (unpaired) electrons. The number of rotatable bonds is 5. The molecule has 6 nitrogen and oxygen atoms in total. The number of hydrogen-bond acceptors (Lipinski definition) is 6. The first kappa shape index (κ1) is 16.3. The summed E-state index contributed by atoms with van der Waals surface area (Å²) < 4.78 is 5.79. The summed E-state index contributed by atoms with van der Waals surface area (Å²) in [4.78, 5) is 2.32. The normalized spacial score (nSPS) is 17.1. The Kier molecular flexibility index (Phi) is 4.63. The Morgan fingerprint density at radius 3 is 2.69 bits per heavy atom. The van der Waals surface area contributed by atoms with Crippen LogP contribution in [0, 0.1) is 11.3 Å². The average Bonchev–Trinajstić information content (AvgIpc) is 3.33. The van der Waals surface area contributed by atoms with Gasteiger partial charge in [-0.1, -0.05) is 18.2 Å². The molecule has 1 aliphatic rings. The number of hydrogen-bond donors (Lipinski definition) is 1. The summed E-state index contributed by atoms with van der Waals surface area (Å²) in [6.45, 7) is 2.60. The lowest BCUT2D eigenvalue weighted by molar-refractivity contribution is 0.290. The van der Waals surface area contributed by atoms with Crippen molar-refractivity contribution in [3.8, 4) is 17.5 Å². The molecular weight excluding hydrogens is 326 g/mol. The van der Waals surface area contributed by atoms with Crippen LogP contribution in [0.2, 0.25) is 0 Å². The van der Waals surface area contributed by atoms with Crippen molar-refractivity contribution in [3.05, 3.63) is 66.1 Å². The SMILES string of the molecule is N#Cc1ccc(-c2nnc(CN3CC[C@@H](Nc4ccccc4)C3)o2)cc1. The van der Waals surface area contributed by atoms with E-state index in [0.29, 0.717) is 29.9 Å². The zero-order valence-corrected chi connectivity index (χ0v) is 14.3. The fourth-order valence-corrected chi connectivity index (χ4v) is 3.18. The van der Waals surface area contributed by atoms with Gasteiger partial charge in [-0.15, -0.1) is 10.2 Å². The van der Waals surface area contributed by atoms with Crippen molar-refractivity contribution in [1.29, 1.82) is 5.26 Å². The van der Waals surface area contributed by atoms with Gasteiger partial charge in [0.2, 0.25) is 11.8 Å². The minimum atomic E-state index is 0.429. The maximum absolute atomic E-state index is 8.86. The van der Waals surface area contributed by atoms with Gasteiger partial charge in [-0.3, -0.25) is 4.90 Å². The predicted octanol–water partition coefficient (Wildman–Crippen LogP) is 3.29. The second-order valence-electron chi connectivity index (χ2n) is 6.42. The van der Waals surface area contributed by atoms with Crippen LogP contribution >= 0.6 is 0 Å². The molecule has 6 heteroatoms. The maximum Gasteiger partial charge on any atom is 0.247 e. The van der Waals surface area contributed by atoms with E-state index in [-0.39, 0.29) is 0 Å². The second-order valence-corrected chi connectivity index (χ2v) is 6.42. The second kappa shape index (κ2) is 7.38. The van der Waals surface area contributed by atoms with E-state index in [2.05, 4.69) is 38.6 Å². The molecule has 3 aromatic rings. The van der Waals surface area contributed by atoms with Crippen molar-refractivity contribution in [2.75, 3.05) is 18.4 Å². The Hall–Kier alpha value is -3.17. The molecular formula is C20H19N5O. The molecule has 1 aliphatic heterocycles. The maximum atomic E-state index is 8.86. The average molecular weight is 345 g/mol. The van der Waals surface area contributed by atoms with Crippen molar-refractivity contribution in [2.45, 2.75) is 19.0 Å². The molecule has 0 saturated carbocycles. The van der Waals surface area contributed by atoms with Gasteiger partial charge in [-0.05, 0) is 42.8 Å². The highest BCUT2D eigenvalue weighted by molar-refractivity contribution is 5.54. The molecule has 1 atom stereocenters. The fraction of sp³-hybridized carbons (Fsp3) is 0.250. The van der Waals surface area contributed by atoms with E-state index in [0.717, 1.165) is 30.8 Å². The molecule has 0 spiro atoms. The molecule has 1 aromatic heterocycles. The van der Waals surface area contributed by atoms with Gasteiger partial charge in [0.1, 0.15) is 0 Å². The van der Waals surface area contributed by atoms with E-state index in [9.17, 15) is 0 Å². The Morgan fingerprint density at radius 2 is 1.92 bits per heavy atom. The standard InChI is InChI=1S/C20H19N5O/c21-12-15-6-8-16(9-7-15)20-24-23-19(26-20)14-25-11-10-18(13-25)22-17-4-2-1-3-5-17/h1-9,18,22H,10-11,13-14H2/t18-/m1/s1. The smallest absolute Gasteiger partial charge is 0.247 e. The zero-order valence-electron chi connectivity index (χ0n) is 14.3.